The first-order valence-electron chi connectivity index (χ1n) is 14.0. The number of carboxylic acids is 1. The van der Waals surface area contributed by atoms with Crippen molar-refractivity contribution in [1.82, 2.24) is 26.8 Å². The largest absolute Gasteiger partial charge is 0.480 e. The molecular formula is C26H56N6O10. The van der Waals surface area contributed by atoms with Crippen molar-refractivity contribution < 1.29 is 48.1 Å². The van der Waals surface area contributed by atoms with Crippen LogP contribution < -0.4 is 32.5 Å². The van der Waals surface area contributed by atoms with Crippen LogP contribution in [0.25, 0.3) is 0 Å². The van der Waals surface area contributed by atoms with Crippen LogP contribution in [0.4, 0.5) is 4.79 Å². The van der Waals surface area contributed by atoms with Gasteiger partial charge >= 0.3 is 12.0 Å². The SMILES string of the molecule is CC.CC.CC=O.CCCCOC(C)C(NC(=O)NCC(=O)NNC(=O)CNC=O)C(=O)O.CCOCCOCCN. The molecule has 16 nitrogen and oxygen atoms in total. The monoisotopic (exact) mass is 612 g/mol. The molecule has 0 bridgehead atoms. The Morgan fingerprint density at radius 2 is 1.40 bits per heavy atom. The third-order valence-corrected chi connectivity index (χ3v) is 3.84. The number of aldehydes is 1. The summed E-state index contributed by atoms with van der Waals surface area (Å²) >= 11 is 0. The van der Waals surface area contributed by atoms with Crippen LogP contribution in [0, 0.1) is 0 Å². The lowest BCUT2D eigenvalue weighted by Gasteiger charge is -2.22. The van der Waals surface area contributed by atoms with Crippen LogP contribution in [0.3, 0.4) is 0 Å². The van der Waals surface area contributed by atoms with Crippen LogP contribution in [0.5, 0.6) is 0 Å². The summed E-state index contributed by atoms with van der Waals surface area (Å²) in [6, 6.07) is -2.17. The van der Waals surface area contributed by atoms with Gasteiger partial charge < -0.3 is 45.8 Å². The molecule has 2 atom stereocenters. The Hall–Kier alpha value is -3.34. The van der Waals surface area contributed by atoms with Gasteiger partial charge in [0.1, 0.15) is 12.8 Å². The Balaban J connectivity index is -0.000000235. The number of amides is 5. The molecule has 16 heteroatoms. The molecule has 0 saturated heterocycles. The zero-order valence-electron chi connectivity index (χ0n) is 26.6. The Labute approximate surface area is 250 Å². The van der Waals surface area contributed by atoms with Crippen LogP contribution in [-0.4, -0.2) is 106 Å². The number of hydrogen-bond donors (Lipinski definition) is 7. The van der Waals surface area contributed by atoms with Crippen molar-refractivity contribution in [2.24, 2.45) is 5.73 Å². The topological polar surface area (TPSA) is 237 Å². The Morgan fingerprint density at radius 1 is 0.881 bits per heavy atom. The number of hydrogen-bond acceptors (Lipinski definition) is 10. The number of carbonyl (C=O) groups is 6. The van der Waals surface area contributed by atoms with Gasteiger partial charge in [-0.2, -0.15) is 0 Å². The Kier molecular flexibility index (Phi) is 48.5. The molecule has 42 heavy (non-hydrogen) atoms. The molecule has 0 aromatic heterocycles. The predicted molar refractivity (Wildman–Crippen MR) is 159 cm³/mol. The van der Waals surface area contributed by atoms with E-state index < -0.39 is 42.5 Å². The Morgan fingerprint density at radius 3 is 1.86 bits per heavy atom. The second kappa shape index (κ2) is 42.1. The minimum Gasteiger partial charge on any atom is -0.480 e. The fraction of sp³-hybridized carbons (Fsp3) is 0.769. The van der Waals surface area contributed by atoms with Crippen molar-refractivity contribution >= 4 is 36.5 Å². The highest BCUT2D eigenvalue weighted by Crippen LogP contribution is 2.02. The van der Waals surface area contributed by atoms with Gasteiger partial charge in [-0.1, -0.05) is 41.0 Å². The van der Waals surface area contributed by atoms with Gasteiger partial charge in [-0.05, 0) is 27.2 Å². The van der Waals surface area contributed by atoms with E-state index in [-0.39, 0.29) is 6.54 Å². The maximum Gasteiger partial charge on any atom is 0.328 e. The van der Waals surface area contributed by atoms with Crippen molar-refractivity contribution in [1.29, 1.82) is 0 Å². The fourth-order valence-corrected chi connectivity index (χ4v) is 2.05. The number of unbranched alkanes of at least 4 members (excludes halogenated alkanes) is 1. The summed E-state index contributed by atoms with van der Waals surface area (Å²) in [5, 5.41) is 15.6. The number of hydrazine groups is 1. The average Bonchev–Trinajstić information content (AvgIpc) is 2.99. The van der Waals surface area contributed by atoms with Gasteiger partial charge in [-0.15, -0.1) is 0 Å². The van der Waals surface area contributed by atoms with E-state index in [0.29, 0.717) is 39.4 Å². The summed E-state index contributed by atoms with van der Waals surface area (Å²) in [6.45, 7) is 17.7. The van der Waals surface area contributed by atoms with Gasteiger partial charge in [0.15, 0.2) is 6.04 Å². The smallest absolute Gasteiger partial charge is 0.328 e. The molecule has 0 spiro atoms. The molecule has 0 aliphatic rings. The molecule has 5 amide bonds. The molecule has 250 valence electrons. The number of urea groups is 1. The van der Waals surface area contributed by atoms with Crippen LogP contribution in [0.1, 0.15) is 68.2 Å². The number of carbonyl (C=O) groups excluding carboxylic acids is 5. The minimum atomic E-state index is -1.29. The van der Waals surface area contributed by atoms with E-state index in [2.05, 4.69) is 16.0 Å². The molecular weight excluding hydrogens is 556 g/mol. The second-order valence-corrected chi connectivity index (χ2v) is 7.00. The Bertz CT molecular complexity index is 651. The van der Waals surface area contributed by atoms with Crippen molar-refractivity contribution in [3.63, 3.8) is 0 Å². The van der Waals surface area contributed by atoms with Crippen molar-refractivity contribution in [2.45, 2.75) is 80.4 Å². The van der Waals surface area contributed by atoms with E-state index in [9.17, 15) is 24.0 Å². The summed E-state index contributed by atoms with van der Waals surface area (Å²) in [5.74, 6) is -2.69. The molecule has 0 aliphatic heterocycles. The van der Waals surface area contributed by atoms with Crippen LogP contribution in [0.15, 0.2) is 0 Å². The lowest BCUT2D eigenvalue weighted by molar-refractivity contribution is -0.143. The summed E-state index contributed by atoms with van der Waals surface area (Å²) < 4.78 is 15.4. The first-order valence-corrected chi connectivity index (χ1v) is 14.0. The second-order valence-electron chi connectivity index (χ2n) is 7.00. The first-order chi connectivity index (χ1) is 20.1. The molecule has 0 rings (SSSR count). The standard InChI is InChI=1S/C14H25N5O7.C6H15NO2.C2H4O.2C2H6/c1-3-4-5-26-9(2)12(13(23)24)17-14(25)16-7-11(22)19-18-10(21)6-15-8-20;1-2-8-5-6-9-4-3-7;1-2-3;2*1-2/h8-9,12H,3-7H2,1-2H3,(H,15,20)(H,18,21)(H,19,22)(H,23,24)(H2,16,17,25);2-7H2,1H3;2H,1H3;2*1-2H3. The third-order valence-electron chi connectivity index (χ3n) is 3.84. The first kappa shape index (κ1) is 48.4. The average molecular weight is 613 g/mol. The summed E-state index contributed by atoms with van der Waals surface area (Å²) in [5.41, 5.74) is 9.18. The summed E-state index contributed by atoms with van der Waals surface area (Å²) in [6.07, 6.45) is 1.95. The fourth-order valence-electron chi connectivity index (χ4n) is 2.05. The van der Waals surface area contributed by atoms with Crippen molar-refractivity contribution in [3.05, 3.63) is 0 Å². The molecule has 0 aromatic rings. The maximum absolute atomic E-state index is 11.7. The van der Waals surface area contributed by atoms with Crippen molar-refractivity contribution in [3.8, 4) is 0 Å². The molecule has 0 aliphatic carbocycles. The van der Waals surface area contributed by atoms with E-state index in [4.69, 9.17) is 29.8 Å². The van der Waals surface area contributed by atoms with Crippen molar-refractivity contribution in [2.75, 3.05) is 52.7 Å². The molecule has 0 saturated carbocycles. The maximum atomic E-state index is 11.7. The molecule has 0 aromatic carbocycles. The predicted octanol–water partition coefficient (Wildman–Crippen LogP) is 0.0932. The number of nitrogens with two attached hydrogens (primary N) is 1. The van der Waals surface area contributed by atoms with Crippen LogP contribution >= 0.6 is 0 Å². The van der Waals surface area contributed by atoms with E-state index >= 15 is 0 Å². The number of rotatable bonds is 18. The third kappa shape index (κ3) is 41.1. The van der Waals surface area contributed by atoms with Gasteiger partial charge in [0.2, 0.25) is 6.41 Å². The molecule has 0 radical (unpaired) electrons. The van der Waals surface area contributed by atoms with Gasteiger partial charge in [-0.25, -0.2) is 9.59 Å². The van der Waals surface area contributed by atoms with E-state index in [0.717, 1.165) is 25.7 Å². The summed E-state index contributed by atoms with van der Waals surface area (Å²) in [7, 11) is 0. The normalized spacial score (nSPS) is 10.3. The zero-order valence-corrected chi connectivity index (χ0v) is 26.6. The van der Waals surface area contributed by atoms with Gasteiger partial charge in [0.05, 0.1) is 32.5 Å². The van der Waals surface area contributed by atoms with Crippen LogP contribution in [0.2, 0.25) is 0 Å². The molecule has 8 N–H and O–H groups in total. The van der Waals surface area contributed by atoms with E-state index in [1.54, 1.807) is 0 Å². The minimum absolute atomic E-state index is 0.319. The zero-order chi connectivity index (χ0) is 33.6. The highest BCUT2D eigenvalue weighted by atomic mass is 16.5. The van der Waals surface area contributed by atoms with Gasteiger partial charge in [0, 0.05) is 19.8 Å². The quantitative estimate of drug-likeness (QED) is 0.0622. The highest BCUT2D eigenvalue weighted by molar-refractivity contribution is 5.88. The lowest BCUT2D eigenvalue weighted by Crippen LogP contribution is -2.54. The van der Waals surface area contributed by atoms with E-state index in [1.165, 1.54) is 13.8 Å². The van der Waals surface area contributed by atoms with Gasteiger partial charge in [-0.3, -0.25) is 25.2 Å². The van der Waals surface area contributed by atoms with Crippen LogP contribution in [-0.2, 0) is 38.2 Å². The number of carboxylic acid groups (broad SMARTS) is 1. The van der Waals surface area contributed by atoms with E-state index in [1.807, 2.05) is 52.4 Å². The number of aliphatic carboxylic acids is 1. The summed E-state index contributed by atoms with van der Waals surface area (Å²) in [4.78, 5) is 64.3. The number of ether oxygens (including phenoxy) is 3. The lowest BCUT2D eigenvalue weighted by atomic mass is 10.2. The molecule has 2 unspecified atom stereocenters. The van der Waals surface area contributed by atoms with Gasteiger partial charge in [0.25, 0.3) is 11.8 Å². The highest BCUT2D eigenvalue weighted by Gasteiger charge is 2.27. The molecule has 0 fully saturated rings. The number of nitrogens with one attached hydrogen (secondary N) is 5. The molecule has 0 heterocycles.